The van der Waals surface area contributed by atoms with Crippen molar-refractivity contribution in [2.45, 2.75) is 51.6 Å². The van der Waals surface area contributed by atoms with E-state index in [1.807, 2.05) is 17.0 Å². The van der Waals surface area contributed by atoms with E-state index in [-0.39, 0.29) is 18.6 Å². The van der Waals surface area contributed by atoms with E-state index in [9.17, 15) is 14.4 Å². The van der Waals surface area contributed by atoms with Gasteiger partial charge in [-0.2, -0.15) is 0 Å². The molecule has 30 heavy (non-hydrogen) atoms. The van der Waals surface area contributed by atoms with E-state index >= 15 is 0 Å². The number of hydrogen-bond donors (Lipinski definition) is 0. The van der Waals surface area contributed by atoms with Crippen LogP contribution in [0.25, 0.3) is 0 Å². The molecule has 4 amide bonds. The van der Waals surface area contributed by atoms with Crippen molar-refractivity contribution in [2.24, 2.45) is 5.92 Å². The number of methoxy groups -OCH3 is 2. The largest absolute Gasteiger partial charge is 0.493 e. The van der Waals surface area contributed by atoms with E-state index in [0.29, 0.717) is 24.6 Å². The lowest BCUT2D eigenvalue weighted by atomic mass is 9.85. The van der Waals surface area contributed by atoms with Crippen molar-refractivity contribution in [3.8, 4) is 11.5 Å². The molecule has 0 radical (unpaired) electrons. The molecule has 3 aliphatic rings. The molecule has 2 unspecified atom stereocenters. The third kappa shape index (κ3) is 3.53. The van der Waals surface area contributed by atoms with Gasteiger partial charge in [0.1, 0.15) is 0 Å². The number of benzene rings is 1. The molecular weight excluding hydrogens is 386 g/mol. The average molecular weight is 415 g/mol. The quantitative estimate of drug-likeness (QED) is 0.543. The monoisotopic (exact) mass is 415 g/mol. The van der Waals surface area contributed by atoms with Crippen molar-refractivity contribution in [1.29, 1.82) is 0 Å². The molecule has 8 heteroatoms. The SMILES string of the molecule is COc1cc2c(cc1OC)CN(CN1C(=O)C(=O)N(C3CCCCC3C)C1=O)CC2. The molecule has 2 aliphatic heterocycles. The highest BCUT2D eigenvalue weighted by molar-refractivity contribution is 6.44. The van der Waals surface area contributed by atoms with Crippen molar-refractivity contribution in [2.75, 3.05) is 27.4 Å². The number of amides is 4. The Balaban J connectivity index is 1.49. The van der Waals surface area contributed by atoms with Crippen LogP contribution in [-0.2, 0) is 22.6 Å². The van der Waals surface area contributed by atoms with Crippen LogP contribution in [0.1, 0.15) is 43.7 Å². The van der Waals surface area contributed by atoms with Crippen LogP contribution < -0.4 is 9.47 Å². The molecule has 2 atom stereocenters. The molecule has 2 fully saturated rings. The van der Waals surface area contributed by atoms with Crippen molar-refractivity contribution in [3.05, 3.63) is 23.3 Å². The number of rotatable bonds is 5. The second-order valence-corrected chi connectivity index (χ2v) is 8.44. The lowest BCUT2D eigenvalue weighted by Crippen LogP contribution is -2.47. The molecule has 1 aliphatic carbocycles. The highest BCUT2D eigenvalue weighted by Crippen LogP contribution is 2.34. The Morgan fingerprint density at radius 2 is 1.63 bits per heavy atom. The third-order valence-corrected chi connectivity index (χ3v) is 6.62. The summed E-state index contributed by atoms with van der Waals surface area (Å²) in [6.45, 7) is 3.43. The standard InChI is InChI=1S/C22H29N3O5/c1-14-6-4-5-7-17(14)25-21(27)20(26)24(22(25)28)13-23-9-8-15-10-18(29-2)19(30-3)11-16(15)12-23/h10-11,14,17H,4-9,12-13H2,1-3H3. The maximum atomic E-state index is 13.0. The van der Waals surface area contributed by atoms with Crippen LogP contribution in [0.3, 0.4) is 0 Å². The minimum Gasteiger partial charge on any atom is -0.493 e. The summed E-state index contributed by atoms with van der Waals surface area (Å²) in [4.78, 5) is 42.6. The van der Waals surface area contributed by atoms with Gasteiger partial charge >= 0.3 is 17.8 Å². The number of imide groups is 2. The van der Waals surface area contributed by atoms with Gasteiger partial charge in [0.2, 0.25) is 0 Å². The van der Waals surface area contributed by atoms with Crippen LogP contribution in [0.2, 0.25) is 0 Å². The molecule has 1 saturated carbocycles. The van der Waals surface area contributed by atoms with Gasteiger partial charge in [-0.1, -0.05) is 19.8 Å². The van der Waals surface area contributed by atoms with E-state index in [1.165, 1.54) is 4.90 Å². The highest BCUT2D eigenvalue weighted by Gasteiger charge is 2.49. The van der Waals surface area contributed by atoms with Crippen LogP contribution in [0.4, 0.5) is 4.79 Å². The normalized spacial score (nSPS) is 25.0. The van der Waals surface area contributed by atoms with Crippen LogP contribution >= 0.6 is 0 Å². The molecule has 1 saturated heterocycles. The number of fused-ring (bicyclic) bond motifs is 1. The Kier molecular flexibility index (Phi) is 5.69. The number of carbonyl (C=O) groups is 3. The van der Waals surface area contributed by atoms with Gasteiger partial charge in [0.25, 0.3) is 0 Å². The minimum atomic E-state index is -0.712. The zero-order valence-corrected chi connectivity index (χ0v) is 17.8. The fourth-order valence-corrected chi connectivity index (χ4v) is 4.88. The van der Waals surface area contributed by atoms with Gasteiger partial charge in [-0.25, -0.2) is 9.69 Å². The Morgan fingerprint density at radius 1 is 0.967 bits per heavy atom. The molecule has 4 rings (SSSR count). The van der Waals surface area contributed by atoms with Gasteiger partial charge in [0, 0.05) is 19.1 Å². The van der Waals surface area contributed by atoms with E-state index in [4.69, 9.17) is 9.47 Å². The van der Waals surface area contributed by atoms with Gasteiger partial charge in [-0.3, -0.25) is 19.4 Å². The number of urea groups is 1. The fraction of sp³-hybridized carbons (Fsp3) is 0.591. The Bertz CT molecular complexity index is 871. The first kappa shape index (κ1) is 20.7. The predicted molar refractivity (Wildman–Crippen MR) is 109 cm³/mol. The molecule has 0 N–H and O–H groups in total. The van der Waals surface area contributed by atoms with Crippen molar-refractivity contribution < 1.29 is 23.9 Å². The van der Waals surface area contributed by atoms with E-state index in [0.717, 1.165) is 48.1 Å². The van der Waals surface area contributed by atoms with Crippen LogP contribution in [-0.4, -0.2) is 66.0 Å². The average Bonchev–Trinajstić information content (AvgIpc) is 2.96. The molecule has 0 aromatic heterocycles. The van der Waals surface area contributed by atoms with Crippen molar-refractivity contribution >= 4 is 17.8 Å². The van der Waals surface area contributed by atoms with Crippen LogP contribution in [0.15, 0.2) is 12.1 Å². The molecular formula is C22H29N3O5. The fourth-order valence-electron chi connectivity index (χ4n) is 4.88. The second-order valence-electron chi connectivity index (χ2n) is 8.44. The summed E-state index contributed by atoms with van der Waals surface area (Å²) in [5, 5.41) is 0. The lowest BCUT2D eigenvalue weighted by molar-refractivity contribution is -0.145. The summed E-state index contributed by atoms with van der Waals surface area (Å²) in [5.74, 6) is 0.179. The predicted octanol–water partition coefficient (Wildman–Crippen LogP) is 2.39. The van der Waals surface area contributed by atoms with Gasteiger partial charge < -0.3 is 9.47 Å². The van der Waals surface area contributed by atoms with E-state index in [1.54, 1.807) is 14.2 Å². The van der Waals surface area contributed by atoms with E-state index < -0.39 is 17.8 Å². The molecule has 162 valence electrons. The zero-order valence-electron chi connectivity index (χ0n) is 17.8. The summed E-state index contributed by atoms with van der Waals surface area (Å²) in [6, 6.07) is 3.27. The second kappa shape index (κ2) is 8.26. The number of nitrogens with zero attached hydrogens (tertiary/aromatic N) is 3. The molecule has 0 bridgehead atoms. The first-order valence-corrected chi connectivity index (χ1v) is 10.6. The zero-order chi connectivity index (χ0) is 21.4. The van der Waals surface area contributed by atoms with Gasteiger partial charge in [0.05, 0.1) is 20.9 Å². The molecule has 2 heterocycles. The minimum absolute atomic E-state index is 0.120. The Labute approximate surface area is 176 Å². The number of ether oxygens (including phenoxy) is 2. The molecule has 8 nitrogen and oxygen atoms in total. The lowest BCUT2D eigenvalue weighted by Gasteiger charge is -2.35. The van der Waals surface area contributed by atoms with Crippen LogP contribution in [0.5, 0.6) is 11.5 Å². The van der Waals surface area contributed by atoms with Crippen LogP contribution in [0, 0.1) is 5.92 Å². The summed E-state index contributed by atoms with van der Waals surface area (Å²) >= 11 is 0. The summed E-state index contributed by atoms with van der Waals surface area (Å²) in [5.41, 5.74) is 2.23. The first-order chi connectivity index (χ1) is 14.4. The summed E-state index contributed by atoms with van der Waals surface area (Å²) < 4.78 is 10.8. The van der Waals surface area contributed by atoms with Crippen molar-refractivity contribution in [1.82, 2.24) is 14.7 Å². The molecule has 0 spiro atoms. The smallest absolute Gasteiger partial charge is 0.335 e. The summed E-state index contributed by atoms with van der Waals surface area (Å²) in [6.07, 6.45) is 4.60. The van der Waals surface area contributed by atoms with E-state index in [2.05, 4.69) is 6.92 Å². The van der Waals surface area contributed by atoms with Gasteiger partial charge in [-0.05, 0) is 48.4 Å². The van der Waals surface area contributed by atoms with Crippen molar-refractivity contribution in [3.63, 3.8) is 0 Å². The molecule has 1 aromatic rings. The Morgan fingerprint density at radius 3 is 2.30 bits per heavy atom. The highest BCUT2D eigenvalue weighted by atomic mass is 16.5. The third-order valence-electron chi connectivity index (χ3n) is 6.62. The number of carbonyl (C=O) groups excluding carboxylic acids is 3. The maximum absolute atomic E-state index is 13.0. The Hall–Kier alpha value is -2.61. The summed E-state index contributed by atoms with van der Waals surface area (Å²) in [7, 11) is 3.21. The molecule has 1 aromatic carbocycles. The first-order valence-electron chi connectivity index (χ1n) is 10.6. The maximum Gasteiger partial charge on any atom is 0.335 e. The van der Waals surface area contributed by atoms with Gasteiger partial charge in [0.15, 0.2) is 11.5 Å². The number of hydrogen-bond acceptors (Lipinski definition) is 6. The topological polar surface area (TPSA) is 79.4 Å². The van der Waals surface area contributed by atoms with Gasteiger partial charge in [-0.15, -0.1) is 0 Å².